The highest BCUT2D eigenvalue weighted by atomic mass is 79.9. The smallest absolute Gasteiger partial charge is 0.337 e. The molecule has 2 aromatic rings. The zero-order valence-corrected chi connectivity index (χ0v) is 12.7. The zero-order chi connectivity index (χ0) is 14.7. The molecule has 5 nitrogen and oxygen atoms in total. The SMILES string of the molecule is COc1ccc(NC(=O)c2csc(Br)c2)c(C(=O)O)c1. The third kappa shape index (κ3) is 3.17. The molecular weight excluding hydrogens is 346 g/mol. The van der Waals surface area contributed by atoms with Crippen LogP contribution >= 0.6 is 27.3 Å². The predicted octanol–water partition coefficient (Wildman–Crippen LogP) is 3.47. The average molecular weight is 356 g/mol. The topological polar surface area (TPSA) is 75.6 Å². The highest BCUT2D eigenvalue weighted by Crippen LogP contribution is 2.25. The molecule has 1 heterocycles. The molecule has 0 atom stereocenters. The third-order valence-electron chi connectivity index (χ3n) is 2.53. The van der Waals surface area contributed by atoms with E-state index in [2.05, 4.69) is 21.2 Å². The average Bonchev–Trinajstić information content (AvgIpc) is 2.85. The number of carboxylic acid groups (broad SMARTS) is 1. The van der Waals surface area contributed by atoms with Gasteiger partial charge in [0, 0.05) is 5.38 Å². The van der Waals surface area contributed by atoms with E-state index in [0.717, 1.165) is 3.79 Å². The van der Waals surface area contributed by atoms with Crippen LogP contribution in [0.25, 0.3) is 0 Å². The summed E-state index contributed by atoms with van der Waals surface area (Å²) in [7, 11) is 1.45. The normalized spacial score (nSPS) is 10.1. The lowest BCUT2D eigenvalue weighted by Gasteiger charge is -2.09. The third-order valence-corrected chi connectivity index (χ3v) is 4.04. The Bertz CT molecular complexity index is 668. The van der Waals surface area contributed by atoms with E-state index in [9.17, 15) is 9.59 Å². The lowest BCUT2D eigenvalue weighted by molar-refractivity contribution is 0.0697. The number of halogens is 1. The fourth-order valence-electron chi connectivity index (χ4n) is 1.56. The van der Waals surface area contributed by atoms with Crippen molar-refractivity contribution in [3.8, 4) is 5.75 Å². The first-order chi connectivity index (χ1) is 9.51. The summed E-state index contributed by atoms with van der Waals surface area (Å²) in [5.41, 5.74) is 0.673. The highest BCUT2D eigenvalue weighted by molar-refractivity contribution is 9.11. The Morgan fingerprint density at radius 2 is 2.10 bits per heavy atom. The monoisotopic (exact) mass is 355 g/mol. The van der Waals surface area contributed by atoms with Gasteiger partial charge in [-0.3, -0.25) is 4.79 Å². The van der Waals surface area contributed by atoms with E-state index < -0.39 is 5.97 Å². The van der Waals surface area contributed by atoms with Gasteiger partial charge in [0.1, 0.15) is 5.75 Å². The van der Waals surface area contributed by atoms with Crippen molar-refractivity contribution in [2.45, 2.75) is 0 Å². The minimum absolute atomic E-state index is 0.0213. The Hall–Kier alpha value is -1.86. The van der Waals surface area contributed by atoms with Gasteiger partial charge in [0.05, 0.1) is 27.7 Å². The number of methoxy groups -OCH3 is 1. The van der Waals surface area contributed by atoms with Crippen LogP contribution in [0, 0.1) is 0 Å². The Balaban J connectivity index is 2.29. The van der Waals surface area contributed by atoms with Crippen LogP contribution < -0.4 is 10.1 Å². The number of benzene rings is 1. The molecule has 0 saturated carbocycles. The number of thiophene rings is 1. The number of hydrogen-bond donors (Lipinski definition) is 2. The molecule has 2 rings (SSSR count). The number of nitrogens with one attached hydrogen (secondary N) is 1. The molecule has 2 N–H and O–H groups in total. The minimum atomic E-state index is -1.13. The summed E-state index contributed by atoms with van der Waals surface area (Å²) in [6.07, 6.45) is 0. The zero-order valence-electron chi connectivity index (χ0n) is 10.3. The van der Waals surface area contributed by atoms with Gasteiger partial charge in [-0.2, -0.15) is 0 Å². The summed E-state index contributed by atoms with van der Waals surface area (Å²) >= 11 is 4.65. The van der Waals surface area contributed by atoms with Crippen molar-refractivity contribution in [3.63, 3.8) is 0 Å². The van der Waals surface area contributed by atoms with Crippen LogP contribution in [0.2, 0.25) is 0 Å². The standard InChI is InChI=1S/C13H10BrNO4S/c1-19-8-2-3-10(9(5-8)13(17)18)15-12(16)7-4-11(14)20-6-7/h2-6H,1H3,(H,15,16)(H,17,18). The van der Waals surface area contributed by atoms with E-state index in [1.165, 1.54) is 30.6 Å². The quantitative estimate of drug-likeness (QED) is 0.880. The second-order valence-corrected chi connectivity index (χ2v) is 6.10. The van der Waals surface area contributed by atoms with Gasteiger partial charge in [-0.1, -0.05) is 0 Å². The number of rotatable bonds is 4. The van der Waals surface area contributed by atoms with Gasteiger partial charge in [0.15, 0.2) is 0 Å². The second kappa shape index (κ2) is 6.06. The summed E-state index contributed by atoms with van der Waals surface area (Å²) in [5.74, 6) is -1.08. The molecule has 20 heavy (non-hydrogen) atoms. The van der Waals surface area contributed by atoms with Crippen molar-refractivity contribution in [1.29, 1.82) is 0 Å². The molecule has 0 radical (unpaired) electrons. The van der Waals surface area contributed by atoms with Crippen LogP contribution in [0.4, 0.5) is 5.69 Å². The number of aromatic carboxylic acids is 1. The van der Waals surface area contributed by atoms with Crippen LogP contribution in [0.1, 0.15) is 20.7 Å². The molecule has 0 aliphatic rings. The summed E-state index contributed by atoms with van der Waals surface area (Å²) in [6.45, 7) is 0. The van der Waals surface area contributed by atoms with Crippen molar-refractivity contribution < 1.29 is 19.4 Å². The van der Waals surface area contributed by atoms with Crippen LogP contribution in [0.5, 0.6) is 5.75 Å². The van der Waals surface area contributed by atoms with E-state index in [-0.39, 0.29) is 17.2 Å². The highest BCUT2D eigenvalue weighted by Gasteiger charge is 2.15. The number of carboxylic acids is 1. The number of carbonyl (C=O) groups is 2. The molecular formula is C13H10BrNO4S. The Morgan fingerprint density at radius 3 is 2.65 bits per heavy atom. The minimum Gasteiger partial charge on any atom is -0.497 e. The molecule has 7 heteroatoms. The first-order valence-electron chi connectivity index (χ1n) is 5.48. The van der Waals surface area contributed by atoms with Crippen molar-refractivity contribution in [3.05, 3.63) is 44.6 Å². The van der Waals surface area contributed by atoms with Gasteiger partial charge in [-0.05, 0) is 40.2 Å². The number of hydrogen-bond acceptors (Lipinski definition) is 4. The van der Waals surface area contributed by atoms with Crippen molar-refractivity contribution >= 4 is 44.8 Å². The van der Waals surface area contributed by atoms with E-state index in [1.54, 1.807) is 17.5 Å². The van der Waals surface area contributed by atoms with Gasteiger partial charge in [-0.15, -0.1) is 11.3 Å². The molecule has 0 bridgehead atoms. The second-order valence-electron chi connectivity index (χ2n) is 3.81. The van der Waals surface area contributed by atoms with Crippen LogP contribution in [-0.4, -0.2) is 24.1 Å². The molecule has 1 aromatic heterocycles. The summed E-state index contributed by atoms with van der Waals surface area (Å²) in [5, 5.41) is 13.4. The van der Waals surface area contributed by atoms with Crippen molar-refractivity contribution in [1.82, 2.24) is 0 Å². The summed E-state index contributed by atoms with van der Waals surface area (Å²) in [4.78, 5) is 23.2. The van der Waals surface area contributed by atoms with E-state index in [1.807, 2.05) is 0 Å². The lowest BCUT2D eigenvalue weighted by atomic mass is 10.1. The lowest BCUT2D eigenvalue weighted by Crippen LogP contribution is -2.14. The van der Waals surface area contributed by atoms with Gasteiger partial charge in [0.25, 0.3) is 5.91 Å². The molecule has 0 unspecified atom stereocenters. The number of amides is 1. The molecule has 1 amide bonds. The molecule has 0 fully saturated rings. The Morgan fingerprint density at radius 1 is 1.35 bits per heavy atom. The maximum absolute atomic E-state index is 12.0. The molecule has 0 aliphatic heterocycles. The molecule has 0 aliphatic carbocycles. The molecule has 1 aromatic carbocycles. The van der Waals surface area contributed by atoms with Gasteiger partial charge >= 0.3 is 5.97 Å². The molecule has 0 spiro atoms. The maximum Gasteiger partial charge on any atom is 0.337 e. The number of anilines is 1. The fraction of sp³-hybridized carbons (Fsp3) is 0.0769. The maximum atomic E-state index is 12.0. The summed E-state index contributed by atoms with van der Waals surface area (Å²) in [6, 6.07) is 6.12. The van der Waals surface area contributed by atoms with E-state index in [4.69, 9.17) is 9.84 Å². The van der Waals surface area contributed by atoms with Crippen LogP contribution in [0.15, 0.2) is 33.4 Å². The van der Waals surface area contributed by atoms with Gasteiger partial charge in [-0.25, -0.2) is 4.79 Å². The van der Waals surface area contributed by atoms with Gasteiger partial charge < -0.3 is 15.2 Å². The number of ether oxygens (including phenoxy) is 1. The van der Waals surface area contributed by atoms with Crippen molar-refractivity contribution in [2.24, 2.45) is 0 Å². The van der Waals surface area contributed by atoms with Gasteiger partial charge in [0.2, 0.25) is 0 Å². The Kier molecular flexibility index (Phi) is 4.41. The first kappa shape index (κ1) is 14.5. The fourth-order valence-corrected chi connectivity index (χ4v) is 2.70. The van der Waals surface area contributed by atoms with Crippen molar-refractivity contribution in [2.75, 3.05) is 12.4 Å². The first-order valence-corrected chi connectivity index (χ1v) is 7.15. The molecule has 104 valence electrons. The Labute approximate surface area is 127 Å². The summed E-state index contributed by atoms with van der Waals surface area (Å²) < 4.78 is 5.80. The number of carbonyl (C=O) groups excluding carboxylic acids is 1. The van der Waals surface area contributed by atoms with Crippen LogP contribution in [-0.2, 0) is 0 Å². The van der Waals surface area contributed by atoms with Crippen LogP contribution in [0.3, 0.4) is 0 Å². The van der Waals surface area contributed by atoms with E-state index >= 15 is 0 Å². The largest absolute Gasteiger partial charge is 0.497 e. The predicted molar refractivity (Wildman–Crippen MR) is 79.9 cm³/mol. The van der Waals surface area contributed by atoms with E-state index in [0.29, 0.717) is 11.3 Å². The molecule has 0 saturated heterocycles.